The lowest BCUT2D eigenvalue weighted by atomic mass is 9.80. The van der Waals surface area contributed by atoms with E-state index in [1.165, 1.54) is 22.3 Å². The number of aromatic nitrogens is 2. The van der Waals surface area contributed by atoms with Crippen LogP contribution in [0.4, 0.5) is 10.2 Å². The Bertz CT molecular complexity index is 1210. The van der Waals surface area contributed by atoms with Crippen molar-refractivity contribution >= 4 is 53.2 Å². The third kappa shape index (κ3) is 6.27. The number of nitrogens with one attached hydrogen (secondary N) is 1. The number of amides is 4. The molecular formula is C24H31ClFN7O4S. The minimum Gasteiger partial charge on any atom is -0.361 e. The number of fused-ring (bicyclic) bond motifs is 1. The first-order chi connectivity index (χ1) is 17.5. The minimum absolute atomic E-state index is 0. The Morgan fingerprint density at radius 1 is 1.21 bits per heavy atom. The fourth-order valence-electron chi connectivity index (χ4n) is 4.91. The summed E-state index contributed by atoms with van der Waals surface area (Å²) in [5, 5.41) is 3.26. The molecule has 206 valence electrons. The molecule has 0 radical (unpaired) electrons. The van der Waals surface area contributed by atoms with Crippen molar-refractivity contribution in [1.82, 2.24) is 25.1 Å². The van der Waals surface area contributed by atoms with Gasteiger partial charge in [-0.2, -0.15) is 0 Å². The van der Waals surface area contributed by atoms with E-state index in [1.54, 1.807) is 14.1 Å². The van der Waals surface area contributed by atoms with Crippen LogP contribution >= 0.6 is 23.7 Å². The van der Waals surface area contributed by atoms with Gasteiger partial charge in [-0.3, -0.25) is 24.1 Å². The second kappa shape index (κ2) is 12.1. The predicted molar refractivity (Wildman–Crippen MR) is 141 cm³/mol. The number of halogens is 2. The molecule has 1 saturated carbocycles. The second-order valence-electron chi connectivity index (χ2n) is 9.64. The summed E-state index contributed by atoms with van der Waals surface area (Å²) in [4.78, 5) is 65.3. The zero-order chi connectivity index (χ0) is 26.9. The quantitative estimate of drug-likeness (QED) is 0.512. The summed E-state index contributed by atoms with van der Waals surface area (Å²) in [6, 6.07) is 0.940. The summed E-state index contributed by atoms with van der Waals surface area (Å²) in [6.07, 6.45) is 2.60. The van der Waals surface area contributed by atoms with E-state index in [0.29, 0.717) is 18.0 Å². The third-order valence-corrected chi connectivity index (χ3v) is 7.84. The Hall–Kier alpha value is -3.16. The first kappa shape index (κ1) is 29.4. The molecule has 1 aliphatic carbocycles. The van der Waals surface area contributed by atoms with Crippen molar-refractivity contribution in [3.8, 4) is 0 Å². The van der Waals surface area contributed by atoms with Crippen LogP contribution in [0.15, 0.2) is 18.3 Å². The van der Waals surface area contributed by atoms with Crippen LogP contribution in [0.2, 0.25) is 0 Å². The number of rotatable bonds is 5. The van der Waals surface area contributed by atoms with Gasteiger partial charge in [0.05, 0.1) is 24.0 Å². The van der Waals surface area contributed by atoms with E-state index in [0.717, 1.165) is 40.7 Å². The normalized spacial score (nSPS) is 21.0. The van der Waals surface area contributed by atoms with Gasteiger partial charge in [-0.1, -0.05) is 0 Å². The third-order valence-electron chi connectivity index (χ3n) is 6.76. The zero-order valence-corrected chi connectivity index (χ0v) is 23.0. The molecule has 2 aromatic rings. The largest absolute Gasteiger partial charge is 0.361 e. The lowest BCUT2D eigenvalue weighted by Gasteiger charge is -2.41. The van der Waals surface area contributed by atoms with Gasteiger partial charge in [-0.05, 0) is 38.4 Å². The summed E-state index contributed by atoms with van der Waals surface area (Å²) >= 11 is 1.32. The molecule has 0 spiro atoms. The molecule has 1 fully saturated rings. The Labute approximate surface area is 230 Å². The van der Waals surface area contributed by atoms with Gasteiger partial charge in [-0.15, -0.1) is 23.7 Å². The van der Waals surface area contributed by atoms with Crippen molar-refractivity contribution in [1.29, 1.82) is 0 Å². The number of hydrogen-bond donors (Lipinski definition) is 2. The van der Waals surface area contributed by atoms with E-state index in [2.05, 4.69) is 20.2 Å². The van der Waals surface area contributed by atoms with Crippen molar-refractivity contribution in [2.24, 2.45) is 11.7 Å². The smallest absolute Gasteiger partial charge is 0.317 e. The summed E-state index contributed by atoms with van der Waals surface area (Å²) < 4.78 is 13.6. The second-order valence-corrected chi connectivity index (χ2v) is 10.7. The van der Waals surface area contributed by atoms with Crippen molar-refractivity contribution in [2.75, 3.05) is 32.6 Å². The highest BCUT2D eigenvalue weighted by Crippen LogP contribution is 2.32. The number of primary amides is 1. The molecule has 4 rings (SSSR count). The molecule has 0 bridgehead atoms. The van der Waals surface area contributed by atoms with E-state index in [9.17, 15) is 23.6 Å². The zero-order valence-electron chi connectivity index (χ0n) is 21.3. The van der Waals surface area contributed by atoms with Crippen LogP contribution in [0.25, 0.3) is 0 Å². The summed E-state index contributed by atoms with van der Waals surface area (Å²) in [6.45, 7) is 1.56. The summed E-state index contributed by atoms with van der Waals surface area (Å²) in [5.41, 5.74) is 6.24. The van der Waals surface area contributed by atoms with Crippen LogP contribution in [0.3, 0.4) is 0 Å². The maximum absolute atomic E-state index is 13.6. The van der Waals surface area contributed by atoms with Gasteiger partial charge >= 0.3 is 11.8 Å². The molecule has 0 unspecified atom stereocenters. The minimum atomic E-state index is -1.21. The molecular weight excluding hydrogens is 537 g/mol. The molecule has 1 aliphatic heterocycles. The Morgan fingerprint density at radius 2 is 1.95 bits per heavy atom. The molecule has 2 aromatic heterocycles. The van der Waals surface area contributed by atoms with E-state index >= 15 is 0 Å². The van der Waals surface area contributed by atoms with Crippen LogP contribution in [0.1, 0.15) is 39.6 Å². The molecule has 3 heterocycles. The van der Waals surface area contributed by atoms with Gasteiger partial charge in [0.1, 0.15) is 11.6 Å². The molecule has 11 nitrogen and oxygen atoms in total. The first-order valence-corrected chi connectivity index (χ1v) is 12.8. The molecule has 3 atom stereocenters. The average molecular weight is 568 g/mol. The Morgan fingerprint density at radius 3 is 2.58 bits per heavy atom. The highest BCUT2D eigenvalue weighted by molar-refractivity contribution is 7.13. The monoisotopic (exact) mass is 567 g/mol. The fraction of sp³-hybridized carbons (Fsp3) is 0.500. The molecule has 0 saturated heterocycles. The number of nitrogens with two attached hydrogens (primary N) is 1. The van der Waals surface area contributed by atoms with Crippen molar-refractivity contribution in [2.45, 2.75) is 44.3 Å². The van der Waals surface area contributed by atoms with Gasteiger partial charge < -0.3 is 20.9 Å². The summed E-state index contributed by atoms with van der Waals surface area (Å²) in [7, 11) is 5.32. The molecule has 4 amide bonds. The predicted octanol–water partition coefficient (Wildman–Crippen LogP) is 0.961. The van der Waals surface area contributed by atoms with E-state index in [1.807, 2.05) is 7.05 Å². The van der Waals surface area contributed by atoms with Crippen LogP contribution in [0, 0.1) is 11.7 Å². The number of thiazole rings is 1. The van der Waals surface area contributed by atoms with Gasteiger partial charge in [0.15, 0.2) is 5.01 Å². The standard InChI is InChI=1S/C24H30FN7O4S.ClH/c1-30(2)23(35)13-4-6-17(32(24(36)20(26)33)19-7-5-14(25)11-27-19)16(10-13)28-21(34)22-29-15-8-9-31(3)12-18(15)37-22;/h5,7,11,13,16-17H,4,6,8-10,12H2,1-3H3,(H2,26,33)(H,28,34);1H/t13-,16+,17-;/m0./s1. The Kier molecular flexibility index (Phi) is 9.39. The highest BCUT2D eigenvalue weighted by atomic mass is 35.5. The van der Waals surface area contributed by atoms with Crippen molar-refractivity contribution in [3.05, 3.63) is 39.7 Å². The van der Waals surface area contributed by atoms with E-state index < -0.39 is 41.5 Å². The average Bonchev–Trinajstić information content (AvgIpc) is 3.29. The maximum Gasteiger partial charge on any atom is 0.317 e. The van der Waals surface area contributed by atoms with Gasteiger partial charge in [0, 0.05) is 44.4 Å². The topological polar surface area (TPSA) is 142 Å². The SMILES string of the molecule is CN1CCc2nc(C(=O)N[C@@H]3C[C@@H](C(=O)N(C)C)CC[C@@H]3N(C(=O)C(N)=O)c3ccc(F)cn3)sc2C1.Cl. The van der Waals surface area contributed by atoms with Crippen molar-refractivity contribution in [3.63, 3.8) is 0 Å². The van der Waals surface area contributed by atoms with E-state index in [4.69, 9.17) is 5.73 Å². The molecule has 38 heavy (non-hydrogen) atoms. The number of carbonyl (C=O) groups is 4. The van der Waals surface area contributed by atoms with Crippen molar-refractivity contribution < 1.29 is 23.6 Å². The van der Waals surface area contributed by atoms with Gasteiger partial charge in [0.25, 0.3) is 5.91 Å². The fourth-order valence-corrected chi connectivity index (χ4v) is 6.00. The first-order valence-electron chi connectivity index (χ1n) is 12.0. The molecule has 2 aliphatic rings. The van der Waals surface area contributed by atoms with E-state index in [-0.39, 0.29) is 37.0 Å². The van der Waals surface area contributed by atoms with Gasteiger partial charge in [0.2, 0.25) is 5.91 Å². The number of hydrogen-bond acceptors (Lipinski definition) is 8. The lowest BCUT2D eigenvalue weighted by molar-refractivity contribution is -0.136. The molecule has 0 aromatic carbocycles. The number of carbonyl (C=O) groups excluding carboxylic acids is 4. The summed E-state index contributed by atoms with van der Waals surface area (Å²) in [5.74, 6) is -3.75. The molecule has 3 N–H and O–H groups in total. The van der Waals surface area contributed by atoms with Crippen LogP contribution in [-0.4, -0.2) is 83.2 Å². The number of likely N-dealkylation sites (N-methyl/N-ethyl adjacent to an activating group) is 1. The Balaban J connectivity index is 0.00000400. The number of anilines is 1. The number of pyridine rings is 1. The lowest BCUT2D eigenvalue weighted by Crippen LogP contribution is -2.59. The van der Waals surface area contributed by atoms with Crippen LogP contribution < -0.4 is 16.0 Å². The van der Waals surface area contributed by atoms with Crippen LogP contribution in [-0.2, 0) is 27.3 Å². The maximum atomic E-state index is 13.6. The number of nitrogens with zero attached hydrogens (tertiary/aromatic N) is 5. The molecule has 14 heteroatoms. The highest BCUT2D eigenvalue weighted by Gasteiger charge is 2.42. The van der Waals surface area contributed by atoms with Crippen LogP contribution in [0.5, 0.6) is 0 Å². The van der Waals surface area contributed by atoms with Gasteiger partial charge in [-0.25, -0.2) is 14.4 Å².